The van der Waals surface area contributed by atoms with E-state index in [4.69, 9.17) is 4.74 Å². The molecule has 0 amide bonds. The lowest BCUT2D eigenvalue weighted by molar-refractivity contribution is 0.318. The number of pyridine rings is 1. The van der Waals surface area contributed by atoms with Crippen molar-refractivity contribution in [1.82, 2.24) is 4.98 Å². The lowest BCUT2D eigenvalue weighted by Crippen LogP contribution is -2.01. The minimum atomic E-state index is 0.752. The van der Waals surface area contributed by atoms with Crippen molar-refractivity contribution < 1.29 is 4.74 Å². The third kappa shape index (κ3) is 3.16. The van der Waals surface area contributed by atoms with E-state index < -0.39 is 0 Å². The van der Waals surface area contributed by atoms with Crippen LogP contribution in [-0.4, -0.2) is 18.1 Å². The third-order valence-corrected chi connectivity index (χ3v) is 3.04. The van der Waals surface area contributed by atoms with Crippen LogP contribution in [0.3, 0.4) is 0 Å². The molecule has 0 aliphatic rings. The van der Waals surface area contributed by atoms with Gasteiger partial charge < -0.3 is 10.1 Å². The van der Waals surface area contributed by atoms with Crippen LogP contribution in [-0.2, 0) is 6.42 Å². The first-order chi connectivity index (χ1) is 9.28. The Kier molecular flexibility index (Phi) is 4.61. The molecule has 2 rings (SSSR count). The maximum Gasteiger partial charge on any atom is 0.120 e. The molecule has 1 aromatic heterocycles. The molecule has 0 spiro atoms. The van der Waals surface area contributed by atoms with Crippen molar-refractivity contribution in [3.05, 3.63) is 30.0 Å². The van der Waals surface area contributed by atoms with E-state index in [0.29, 0.717) is 0 Å². The van der Waals surface area contributed by atoms with Crippen LogP contribution in [0.5, 0.6) is 5.75 Å². The van der Waals surface area contributed by atoms with Crippen LogP contribution in [0.15, 0.2) is 24.3 Å². The van der Waals surface area contributed by atoms with Gasteiger partial charge >= 0.3 is 0 Å². The van der Waals surface area contributed by atoms with E-state index in [0.717, 1.165) is 54.0 Å². The van der Waals surface area contributed by atoms with Crippen molar-refractivity contribution >= 4 is 16.6 Å². The van der Waals surface area contributed by atoms with Crippen molar-refractivity contribution in [3.63, 3.8) is 0 Å². The molecule has 3 heteroatoms. The van der Waals surface area contributed by atoms with Crippen molar-refractivity contribution in [1.29, 1.82) is 0 Å². The zero-order valence-electron chi connectivity index (χ0n) is 12.0. The number of benzene rings is 1. The molecule has 102 valence electrons. The molecule has 0 unspecified atom stereocenters. The summed E-state index contributed by atoms with van der Waals surface area (Å²) >= 11 is 0. The largest absolute Gasteiger partial charge is 0.494 e. The maximum atomic E-state index is 5.70. The Morgan fingerprint density at radius 2 is 2.00 bits per heavy atom. The summed E-state index contributed by atoms with van der Waals surface area (Å²) < 4.78 is 5.70. The van der Waals surface area contributed by atoms with E-state index >= 15 is 0 Å². The van der Waals surface area contributed by atoms with Crippen LogP contribution >= 0.6 is 0 Å². The lowest BCUT2D eigenvalue weighted by Gasteiger charge is -2.12. The Morgan fingerprint density at radius 1 is 1.16 bits per heavy atom. The Hall–Kier alpha value is -1.77. The highest BCUT2D eigenvalue weighted by Crippen LogP contribution is 2.27. The fourth-order valence-electron chi connectivity index (χ4n) is 2.09. The van der Waals surface area contributed by atoms with E-state index in [1.165, 1.54) is 0 Å². The van der Waals surface area contributed by atoms with E-state index in [1.807, 2.05) is 12.1 Å². The lowest BCUT2D eigenvalue weighted by atomic mass is 10.1. The summed E-state index contributed by atoms with van der Waals surface area (Å²) in [5, 5.41) is 4.55. The summed E-state index contributed by atoms with van der Waals surface area (Å²) in [6, 6.07) is 8.26. The number of nitrogens with one attached hydrogen (secondary N) is 1. The molecule has 0 atom stereocenters. The van der Waals surface area contributed by atoms with E-state index in [9.17, 15) is 0 Å². The number of aryl methyl sites for hydroxylation is 1. The topological polar surface area (TPSA) is 34.1 Å². The molecular formula is C16H22N2O. The monoisotopic (exact) mass is 258 g/mol. The van der Waals surface area contributed by atoms with Gasteiger partial charge in [0.25, 0.3) is 0 Å². The summed E-state index contributed by atoms with van der Waals surface area (Å²) in [7, 11) is 0. The van der Waals surface area contributed by atoms with Crippen LogP contribution in [0.1, 0.15) is 32.9 Å². The van der Waals surface area contributed by atoms with Gasteiger partial charge in [-0.15, -0.1) is 0 Å². The normalized spacial score (nSPS) is 10.7. The SMILES string of the molecule is CCCOc1ccc2nc(CC)cc(NCC)c2c1. The number of hydrogen-bond donors (Lipinski definition) is 1. The molecule has 1 aromatic carbocycles. The van der Waals surface area contributed by atoms with Gasteiger partial charge in [0, 0.05) is 23.3 Å². The molecule has 0 aliphatic carbocycles. The summed E-state index contributed by atoms with van der Waals surface area (Å²) in [4.78, 5) is 4.66. The average molecular weight is 258 g/mol. The van der Waals surface area contributed by atoms with Gasteiger partial charge in [-0.25, -0.2) is 0 Å². The first-order valence-corrected chi connectivity index (χ1v) is 7.08. The Balaban J connectivity index is 2.46. The van der Waals surface area contributed by atoms with E-state index in [-0.39, 0.29) is 0 Å². The number of fused-ring (bicyclic) bond motifs is 1. The number of rotatable bonds is 6. The number of hydrogen-bond acceptors (Lipinski definition) is 3. The number of ether oxygens (including phenoxy) is 1. The smallest absolute Gasteiger partial charge is 0.120 e. The summed E-state index contributed by atoms with van der Waals surface area (Å²) in [5.74, 6) is 0.916. The number of anilines is 1. The predicted molar refractivity (Wildman–Crippen MR) is 81.1 cm³/mol. The van der Waals surface area contributed by atoms with Crippen LogP contribution in [0.25, 0.3) is 10.9 Å². The molecule has 2 aromatic rings. The molecule has 0 saturated heterocycles. The Morgan fingerprint density at radius 3 is 2.68 bits per heavy atom. The Labute approximate surface area is 115 Å². The third-order valence-electron chi connectivity index (χ3n) is 3.04. The van der Waals surface area contributed by atoms with Crippen molar-refractivity contribution in [3.8, 4) is 5.75 Å². The fraction of sp³-hybridized carbons (Fsp3) is 0.438. The quantitative estimate of drug-likeness (QED) is 0.849. The second kappa shape index (κ2) is 6.41. The molecule has 19 heavy (non-hydrogen) atoms. The molecule has 0 saturated carbocycles. The van der Waals surface area contributed by atoms with Crippen LogP contribution in [0.2, 0.25) is 0 Å². The van der Waals surface area contributed by atoms with Gasteiger partial charge in [-0.05, 0) is 44.0 Å². The first-order valence-electron chi connectivity index (χ1n) is 7.08. The first kappa shape index (κ1) is 13.7. The van der Waals surface area contributed by atoms with Crippen LogP contribution < -0.4 is 10.1 Å². The van der Waals surface area contributed by atoms with Crippen LogP contribution in [0, 0.1) is 0 Å². The summed E-state index contributed by atoms with van der Waals surface area (Å²) in [6.45, 7) is 8.00. The number of aromatic nitrogens is 1. The molecule has 3 nitrogen and oxygen atoms in total. The zero-order valence-corrected chi connectivity index (χ0v) is 12.0. The predicted octanol–water partition coefficient (Wildman–Crippen LogP) is 4.02. The molecule has 0 aliphatic heterocycles. The summed E-state index contributed by atoms with van der Waals surface area (Å²) in [5.41, 5.74) is 3.29. The highest BCUT2D eigenvalue weighted by atomic mass is 16.5. The second-order valence-electron chi connectivity index (χ2n) is 4.57. The van der Waals surface area contributed by atoms with Gasteiger partial charge in [0.15, 0.2) is 0 Å². The molecule has 1 heterocycles. The molecule has 0 radical (unpaired) electrons. The van der Waals surface area contributed by atoms with Gasteiger partial charge in [0.1, 0.15) is 5.75 Å². The van der Waals surface area contributed by atoms with Gasteiger partial charge in [-0.2, -0.15) is 0 Å². The molecule has 0 bridgehead atoms. The standard InChI is InChI=1S/C16H22N2O/c1-4-9-19-13-7-8-15-14(11-13)16(17-6-3)10-12(5-2)18-15/h7-8,10-11H,4-6,9H2,1-3H3,(H,17,18). The van der Waals surface area contributed by atoms with E-state index in [1.54, 1.807) is 0 Å². The molecular weight excluding hydrogens is 236 g/mol. The van der Waals surface area contributed by atoms with Gasteiger partial charge in [-0.1, -0.05) is 13.8 Å². The van der Waals surface area contributed by atoms with Crippen molar-refractivity contribution in [2.75, 3.05) is 18.5 Å². The van der Waals surface area contributed by atoms with Gasteiger partial charge in [0.2, 0.25) is 0 Å². The average Bonchev–Trinajstić information content (AvgIpc) is 2.45. The highest BCUT2D eigenvalue weighted by molar-refractivity contribution is 5.92. The zero-order chi connectivity index (χ0) is 13.7. The van der Waals surface area contributed by atoms with Crippen molar-refractivity contribution in [2.45, 2.75) is 33.6 Å². The summed E-state index contributed by atoms with van der Waals surface area (Å²) in [6.07, 6.45) is 1.97. The Bertz CT molecular complexity index is 552. The van der Waals surface area contributed by atoms with Gasteiger partial charge in [0.05, 0.1) is 12.1 Å². The highest BCUT2D eigenvalue weighted by Gasteiger charge is 2.06. The number of nitrogens with zero attached hydrogens (tertiary/aromatic N) is 1. The second-order valence-corrected chi connectivity index (χ2v) is 4.57. The van der Waals surface area contributed by atoms with Gasteiger partial charge in [-0.3, -0.25) is 4.98 Å². The fourth-order valence-corrected chi connectivity index (χ4v) is 2.09. The molecule has 1 N–H and O–H groups in total. The maximum absolute atomic E-state index is 5.70. The van der Waals surface area contributed by atoms with Crippen molar-refractivity contribution in [2.24, 2.45) is 0 Å². The molecule has 0 fully saturated rings. The minimum absolute atomic E-state index is 0.752. The van der Waals surface area contributed by atoms with Crippen LogP contribution in [0.4, 0.5) is 5.69 Å². The van der Waals surface area contributed by atoms with E-state index in [2.05, 4.69) is 43.2 Å². The minimum Gasteiger partial charge on any atom is -0.494 e.